The van der Waals surface area contributed by atoms with E-state index in [1.807, 2.05) is 34.7 Å². The molecule has 4 rings (SSSR count). The summed E-state index contributed by atoms with van der Waals surface area (Å²) in [6, 6.07) is 13.3. The molecule has 0 atom stereocenters. The molecule has 2 heterocycles. The van der Waals surface area contributed by atoms with Gasteiger partial charge in [-0.2, -0.15) is 5.10 Å². The molecule has 0 saturated carbocycles. The van der Waals surface area contributed by atoms with Gasteiger partial charge in [-0.1, -0.05) is 45.0 Å². The lowest BCUT2D eigenvalue weighted by molar-refractivity contribution is -0.133. The number of halogens is 2. The number of rotatable bonds is 7. The highest BCUT2D eigenvalue weighted by Gasteiger charge is 2.28. The predicted octanol–water partition coefficient (Wildman–Crippen LogP) is 5.49. The van der Waals surface area contributed by atoms with Crippen molar-refractivity contribution in [3.8, 4) is 5.69 Å². The third-order valence-corrected chi connectivity index (χ3v) is 6.38. The highest BCUT2D eigenvalue weighted by atomic mass is 19.1. The number of hydrogen-bond donors (Lipinski definition) is 0. The van der Waals surface area contributed by atoms with Crippen LogP contribution in [0, 0.1) is 17.0 Å². The van der Waals surface area contributed by atoms with Crippen LogP contribution < -0.4 is 0 Å². The van der Waals surface area contributed by atoms with Crippen LogP contribution in [0.4, 0.5) is 8.78 Å². The summed E-state index contributed by atoms with van der Waals surface area (Å²) in [5, 5.41) is 4.88. The second-order valence-corrected chi connectivity index (χ2v) is 10.5. The molecule has 0 bridgehead atoms. The van der Waals surface area contributed by atoms with Crippen molar-refractivity contribution in [3.63, 3.8) is 0 Å². The van der Waals surface area contributed by atoms with Gasteiger partial charge in [-0.25, -0.2) is 13.5 Å². The van der Waals surface area contributed by atoms with Crippen molar-refractivity contribution >= 4 is 5.91 Å². The Balaban J connectivity index is 1.67. The van der Waals surface area contributed by atoms with E-state index in [1.54, 1.807) is 12.1 Å². The van der Waals surface area contributed by atoms with Crippen LogP contribution in [0.3, 0.4) is 0 Å². The highest BCUT2D eigenvalue weighted by molar-refractivity contribution is 5.76. The minimum absolute atomic E-state index is 0.0908. The van der Waals surface area contributed by atoms with E-state index < -0.39 is 0 Å². The Morgan fingerprint density at radius 1 is 1.11 bits per heavy atom. The van der Waals surface area contributed by atoms with Crippen LogP contribution in [0.25, 0.3) is 5.69 Å². The SMILES string of the molecule is CCN(Cc1nn(-c2cccc(F)c2)c2c1CN(Cc1ccccc1F)CC2)C(=O)CC(C)(C)C. The van der Waals surface area contributed by atoms with E-state index in [0.29, 0.717) is 50.3 Å². The van der Waals surface area contributed by atoms with E-state index in [2.05, 4.69) is 25.7 Å². The second-order valence-electron chi connectivity index (χ2n) is 10.5. The zero-order valence-electron chi connectivity index (χ0n) is 21.0. The fourth-order valence-electron chi connectivity index (χ4n) is 4.62. The molecule has 1 aromatic heterocycles. The first-order chi connectivity index (χ1) is 16.6. The number of carbonyl (C=O) groups is 1. The molecule has 186 valence electrons. The molecular formula is C28H34F2N4O. The molecule has 1 aliphatic heterocycles. The lowest BCUT2D eigenvalue weighted by atomic mass is 9.91. The average molecular weight is 481 g/mol. The smallest absolute Gasteiger partial charge is 0.223 e. The van der Waals surface area contributed by atoms with Crippen LogP contribution >= 0.6 is 0 Å². The fourth-order valence-corrected chi connectivity index (χ4v) is 4.62. The summed E-state index contributed by atoms with van der Waals surface area (Å²) < 4.78 is 30.1. The normalized spacial score (nSPS) is 14.1. The molecule has 0 unspecified atom stereocenters. The van der Waals surface area contributed by atoms with Gasteiger partial charge in [-0.3, -0.25) is 9.69 Å². The Bertz CT molecular complexity index is 1200. The zero-order valence-corrected chi connectivity index (χ0v) is 21.0. The summed E-state index contributed by atoms with van der Waals surface area (Å²) in [4.78, 5) is 17.1. The minimum atomic E-state index is -0.319. The van der Waals surface area contributed by atoms with Gasteiger partial charge in [0.25, 0.3) is 0 Å². The summed E-state index contributed by atoms with van der Waals surface area (Å²) in [6.45, 7) is 10.9. The monoisotopic (exact) mass is 480 g/mol. The van der Waals surface area contributed by atoms with Gasteiger partial charge >= 0.3 is 0 Å². The number of carbonyl (C=O) groups excluding carboxylic acids is 1. The Morgan fingerprint density at radius 2 is 1.89 bits per heavy atom. The Morgan fingerprint density at radius 3 is 2.57 bits per heavy atom. The van der Waals surface area contributed by atoms with Crippen molar-refractivity contribution in [2.24, 2.45) is 5.41 Å². The predicted molar refractivity (Wildman–Crippen MR) is 133 cm³/mol. The van der Waals surface area contributed by atoms with E-state index in [4.69, 9.17) is 5.10 Å². The van der Waals surface area contributed by atoms with Gasteiger partial charge in [0.15, 0.2) is 0 Å². The average Bonchev–Trinajstić information content (AvgIpc) is 3.15. The lowest BCUT2D eigenvalue weighted by Gasteiger charge is -2.29. The summed E-state index contributed by atoms with van der Waals surface area (Å²) in [5.74, 6) is -0.437. The van der Waals surface area contributed by atoms with Crippen LogP contribution in [-0.4, -0.2) is 38.6 Å². The van der Waals surface area contributed by atoms with Crippen molar-refractivity contribution in [1.82, 2.24) is 19.6 Å². The number of benzene rings is 2. The molecular weight excluding hydrogens is 446 g/mol. The number of amides is 1. The maximum atomic E-state index is 14.3. The van der Waals surface area contributed by atoms with E-state index >= 15 is 0 Å². The van der Waals surface area contributed by atoms with E-state index in [-0.39, 0.29) is 23.0 Å². The quantitative estimate of drug-likeness (QED) is 0.449. The number of hydrogen-bond acceptors (Lipinski definition) is 3. The maximum Gasteiger partial charge on any atom is 0.223 e. The lowest BCUT2D eigenvalue weighted by Crippen LogP contribution is -2.34. The van der Waals surface area contributed by atoms with E-state index in [1.165, 1.54) is 18.2 Å². The van der Waals surface area contributed by atoms with Crippen molar-refractivity contribution in [3.05, 3.63) is 82.7 Å². The van der Waals surface area contributed by atoms with Crippen LogP contribution in [0.5, 0.6) is 0 Å². The Labute approximate surface area is 206 Å². The molecule has 7 heteroatoms. The van der Waals surface area contributed by atoms with Crippen LogP contribution in [0.15, 0.2) is 48.5 Å². The molecule has 1 aliphatic rings. The molecule has 3 aromatic rings. The molecule has 0 spiro atoms. The van der Waals surface area contributed by atoms with Gasteiger partial charge in [0.2, 0.25) is 5.91 Å². The summed E-state index contributed by atoms with van der Waals surface area (Å²) >= 11 is 0. The van der Waals surface area contributed by atoms with Crippen molar-refractivity contribution in [2.75, 3.05) is 13.1 Å². The summed E-state index contributed by atoms with van der Waals surface area (Å²) in [5.41, 5.74) is 4.09. The highest BCUT2D eigenvalue weighted by Crippen LogP contribution is 2.29. The van der Waals surface area contributed by atoms with Gasteiger partial charge in [0.05, 0.1) is 23.6 Å². The summed E-state index contributed by atoms with van der Waals surface area (Å²) in [6.07, 6.45) is 1.16. The van der Waals surface area contributed by atoms with E-state index in [9.17, 15) is 13.6 Å². The molecule has 0 radical (unpaired) electrons. The Hall–Kier alpha value is -3.06. The molecule has 2 aromatic carbocycles. The first-order valence-corrected chi connectivity index (χ1v) is 12.2. The third kappa shape index (κ3) is 5.96. The molecule has 0 saturated heterocycles. The van der Waals surface area contributed by atoms with Gasteiger partial charge in [-0.05, 0) is 36.6 Å². The molecule has 1 amide bonds. The number of nitrogens with zero attached hydrogens (tertiary/aromatic N) is 4. The third-order valence-electron chi connectivity index (χ3n) is 6.38. The fraction of sp³-hybridized carbons (Fsp3) is 0.429. The molecule has 0 aliphatic carbocycles. The minimum Gasteiger partial charge on any atom is -0.337 e. The molecule has 0 fully saturated rings. The van der Waals surface area contributed by atoms with Gasteiger partial charge < -0.3 is 4.90 Å². The topological polar surface area (TPSA) is 41.4 Å². The van der Waals surface area contributed by atoms with E-state index in [0.717, 1.165) is 23.5 Å². The first-order valence-electron chi connectivity index (χ1n) is 12.2. The Kier molecular flexibility index (Phi) is 7.36. The van der Waals surface area contributed by atoms with Gasteiger partial charge in [0, 0.05) is 50.1 Å². The first kappa shape index (κ1) is 25.0. The number of aromatic nitrogens is 2. The molecule has 0 N–H and O–H groups in total. The van der Waals surface area contributed by atoms with Crippen LogP contribution in [-0.2, 0) is 30.8 Å². The van der Waals surface area contributed by atoms with Crippen molar-refractivity contribution in [1.29, 1.82) is 0 Å². The standard InChI is InChI=1S/C28H34F2N4O/c1-5-33(27(35)16-28(2,3)4)19-25-23-18-32(17-20-9-6-7-12-24(20)30)14-13-26(23)34(31-25)22-11-8-10-21(29)15-22/h6-12,15H,5,13-14,16-19H2,1-4H3. The maximum absolute atomic E-state index is 14.3. The van der Waals surface area contributed by atoms with Crippen LogP contribution in [0.1, 0.15) is 56.6 Å². The van der Waals surface area contributed by atoms with Crippen LogP contribution in [0.2, 0.25) is 0 Å². The van der Waals surface area contributed by atoms with Crippen molar-refractivity contribution < 1.29 is 13.6 Å². The number of fused-ring (bicyclic) bond motifs is 1. The van der Waals surface area contributed by atoms with Gasteiger partial charge in [-0.15, -0.1) is 0 Å². The van der Waals surface area contributed by atoms with Crippen molar-refractivity contribution in [2.45, 2.75) is 60.2 Å². The molecule has 5 nitrogen and oxygen atoms in total. The largest absolute Gasteiger partial charge is 0.337 e. The van der Waals surface area contributed by atoms with Gasteiger partial charge in [0.1, 0.15) is 11.6 Å². The molecule has 35 heavy (non-hydrogen) atoms. The second kappa shape index (κ2) is 10.3. The zero-order chi connectivity index (χ0) is 25.2. The summed E-state index contributed by atoms with van der Waals surface area (Å²) in [7, 11) is 0.